The number of allylic oxidation sites excluding steroid dienone is 6. The zero-order chi connectivity index (χ0) is 52.1. The maximum Gasteiger partial charge on any atom is 0.472 e. The van der Waals surface area contributed by atoms with E-state index in [9.17, 15) is 44.6 Å². The van der Waals surface area contributed by atoms with Gasteiger partial charge in [0.2, 0.25) is 0 Å². The average Bonchev–Trinajstić information content (AvgIpc) is 3.35. The van der Waals surface area contributed by atoms with Gasteiger partial charge in [-0.25, -0.2) is 4.57 Å². The van der Waals surface area contributed by atoms with Gasteiger partial charge in [-0.3, -0.25) is 18.6 Å². The molecule has 0 spiro atoms. The van der Waals surface area contributed by atoms with E-state index in [2.05, 4.69) is 44.2 Å². The zero-order valence-electron chi connectivity index (χ0n) is 44.8. The molecular formula is C57H105O13P. The van der Waals surface area contributed by atoms with Gasteiger partial charge in [0.25, 0.3) is 0 Å². The fraction of sp³-hybridized carbons (Fsp3) is 0.860. The predicted octanol–water partition coefficient (Wildman–Crippen LogP) is 13.3. The van der Waals surface area contributed by atoms with Crippen molar-refractivity contribution in [3.8, 4) is 0 Å². The Morgan fingerprint density at radius 1 is 0.423 bits per heavy atom. The van der Waals surface area contributed by atoms with E-state index in [1.807, 2.05) is 6.08 Å². The Morgan fingerprint density at radius 3 is 1.15 bits per heavy atom. The number of hydrogen-bond donors (Lipinski definition) is 6. The smallest absolute Gasteiger partial charge is 0.462 e. The third-order valence-corrected chi connectivity index (χ3v) is 14.4. The van der Waals surface area contributed by atoms with E-state index in [1.54, 1.807) is 0 Å². The van der Waals surface area contributed by atoms with Gasteiger partial charge < -0.3 is 39.9 Å². The van der Waals surface area contributed by atoms with Crippen LogP contribution in [-0.2, 0) is 32.7 Å². The van der Waals surface area contributed by atoms with E-state index in [-0.39, 0.29) is 12.8 Å². The van der Waals surface area contributed by atoms with Crippen LogP contribution in [0.4, 0.5) is 0 Å². The Morgan fingerprint density at radius 2 is 0.746 bits per heavy atom. The molecule has 0 aromatic rings. The van der Waals surface area contributed by atoms with Gasteiger partial charge in [-0.1, -0.05) is 211 Å². The summed E-state index contributed by atoms with van der Waals surface area (Å²) in [6, 6.07) is 0. The molecule has 8 atom stereocenters. The molecule has 14 heteroatoms. The van der Waals surface area contributed by atoms with Crippen LogP contribution >= 0.6 is 7.82 Å². The van der Waals surface area contributed by atoms with Crippen molar-refractivity contribution in [2.75, 3.05) is 13.2 Å². The monoisotopic (exact) mass is 1030 g/mol. The third-order valence-electron chi connectivity index (χ3n) is 13.4. The van der Waals surface area contributed by atoms with E-state index < -0.39 is 75.7 Å². The molecule has 71 heavy (non-hydrogen) atoms. The number of esters is 2. The second-order valence-electron chi connectivity index (χ2n) is 20.1. The van der Waals surface area contributed by atoms with Crippen molar-refractivity contribution in [2.45, 2.75) is 301 Å². The first-order valence-corrected chi connectivity index (χ1v) is 30.3. The number of carbonyl (C=O) groups excluding carboxylic acids is 2. The molecule has 1 aliphatic carbocycles. The number of aliphatic hydroxyl groups is 5. The summed E-state index contributed by atoms with van der Waals surface area (Å²) in [6.45, 7) is 3.32. The minimum Gasteiger partial charge on any atom is -0.462 e. The van der Waals surface area contributed by atoms with Crippen LogP contribution in [0.25, 0.3) is 0 Å². The standard InChI is InChI=1S/C57H105O13P/c1-3-5-7-9-11-13-15-17-19-21-23-24-25-26-28-30-32-34-36-38-40-42-44-46-51(59)69-49(48-68-71(65,66)70-57-55(63)53(61)52(60)54(62)56(57)64)47-67-50(58)45-43-41-39-37-35-33-31-29-27-22-20-18-16-14-12-10-8-6-4-2/h18,20,30,32,38,40,49,52-57,60-64H,3-17,19,21-29,31,33-37,39,41-48H2,1-2H3,(H,65,66)/b20-18+,32-30+,40-38+/t49-,52?,53-,54?,55?,56?,57?/m1/s1. The zero-order valence-corrected chi connectivity index (χ0v) is 45.7. The van der Waals surface area contributed by atoms with Gasteiger partial charge in [-0.15, -0.1) is 0 Å². The lowest BCUT2D eigenvalue weighted by atomic mass is 9.85. The van der Waals surface area contributed by atoms with Gasteiger partial charge in [0.05, 0.1) is 6.61 Å². The normalized spacial score (nSPS) is 20.8. The fourth-order valence-corrected chi connectivity index (χ4v) is 9.81. The minimum absolute atomic E-state index is 0.0381. The number of hydrogen-bond acceptors (Lipinski definition) is 12. The maximum atomic E-state index is 12.9. The van der Waals surface area contributed by atoms with Crippen molar-refractivity contribution in [1.82, 2.24) is 0 Å². The summed E-state index contributed by atoms with van der Waals surface area (Å²) in [5.41, 5.74) is 0. The molecule has 6 unspecified atom stereocenters. The molecule has 0 bridgehead atoms. The SMILES string of the molecule is CCCCCCCC/C=C/CCCCCCCCCCCC(=O)OC[C@H](COP(=O)(O)OC1C(O)C(O)C(O)[C@@H](O)C1O)OC(=O)CCC/C=C/CC/C=C/CCCCCCCCCCCCCCCC. The molecular weight excluding hydrogens is 924 g/mol. The van der Waals surface area contributed by atoms with Crippen molar-refractivity contribution in [2.24, 2.45) is 0 Å². The Kier molecular flexibility index (Phi) is 44.0. The summed E-state index contributed by atoms with van der Waals surface area (Å²) in [4.78, 5) is 35.9. The summed E-state index contributed by atoms with van der Waals surface area (Å²) >= 11 is 0. The number of carbonyl (C=O) groups is 2. The molecule has 0 aromatic carbocycles. The number of phosphoric ester groups is 1. The van der Waals surface area contributed by atoms with Gasteiger partial charge in [0, 0.05) is 12.8 Å². The Hall–Kier alpha value is -1.93. The maximum absolute atomic E-state index is 12.9. The van der Waals surface area contributed by atoms with Crippen LogP contribution in [0.2, 0.25) is 0 Å². The van der Waals surface area contributed by atoms with Crippen molar-refractivity contribution in [1.29, 1.82) is 0 Å². The summed E-state index contributed by atoms with van der Waals surface area (Å²) in [7, 11) is -5.14. The highest BCUT2D eigenvalue weighted by atomic mass is 31.2. The van der Waals surface area contributed by atoms with Gasteiger partial charge in [-0.2, -0.15) is 0 Å². The van der Waals surface area contributed by atoms with Crippen LogP contribution in [0.3, 0.4) is 0 Å². The molecule has 416 valence electrons. The fourth-order valence-electron chi connectivity index (χ4n) is 8.83. The Labute approximate surface area is 431 Å². The molecule has 13 nitrogen and oxygen atoms in total. The molecule has 0 amide bonds. The molecule has 1 rings (SSSR count). The lowest BCUT2D eigenvalue weighted by Gasteiger charge is -2.41. The average molecular weight is 1030 g/mol. The van der Waals surface area contributed by atoms with Gasteiger partial charge in [-0.05, 0) is 70.6 Å². The van der Waals surface area contributed by atoms with Crippen LogP contribution in [0.15, 0.2) is 36.5 Å². The highest BCUT2D eigenvalue weighted by Crippen LogP contribution is 2.47. The lowest BCUT2D eigenvalue weighted by Crippen LogP contribution is -2.64. The van der Waals surface area contributed by atoms with Crippen molar-refractivity contribution in [3.05, 3.63) is 36.5 Å². The van der Waals surface area contributed by atoms with Gasteiger partial charge in [0.15, 0.2) is 6.10 Å². The van der Waals surface area contributed by atoms with Crippen molar-refractivity contribution < 1.29 is 63.1 Å². The van der Waals surface area contributed by atoms with E-state index in [0.29, 0.717) is 19.3 Å². The second kappa shape index (κ2) is 46.6. The number of phosphoric acid groups is 1. The highest BCUT2D eigenvalue weighted by Gasteiger charge is 2.51. The van der Waals surface area contributed by atoms with E-state index >= 15 is 0 Å². The summed E-state index contributed by atoms with van der Waals surface area (Å²) < 4.78 is 33.7. The van der Waals surface area contributed by atoms with Crippen LogP contribution in [-0.4, -0.2) is 98.3 Å². The van der Waals surface area contributed by atoms with Crippen LogP contribution < -0.4 is 0 Å². The lowest BCUT2D eigenvalue weighted by molar-refractivity contribution is -0.220. The van der Waals surface area contributed by atoms with Crippen LogP contribution in [0.1, 0.15) is 258 Å². The molecule has 0 radical (unpaired) electrons. The van der Waals surface area contributed by atoms with Gasteiger partial charge in [0.1, 0.15) is 43.2 Å². The van der Waals surface area contributed by atoms with E-state index in [4.69, 9.17) is 18.5 Å². The number of aliphatic hydroxyl groups excluding tert-OH is 5. The predicted molar refractivity (Wildman–Crippen MR) is 286 cm³/mol. The Bertz CT molecular complexity index is 1380. The highest BCUT2D eigenvalue weighted by molar-refractivity contribution is 7.47. The molecule has 1 saturated carbocycles. The van der Waals surface area contributed by atoms with Crippen LogP contribution in [0, 0.1) is 0 Å². The number of rotatable bonds is 49. The summed E-state index contributed by atoms with van der Waals surface area (Å²) in [5, 5.41) is 50.4. The first-order chi connectivity index (χ1) is 34.4. The molecule has 6 N–H and O–H groups in total. The Balaban J connectivity index is 2.36. The largest absolute Gasteiger partial charge is 0.472 e. The minimum atomic E-state index is -5.14. The molecule has 1 fully saturated rings. The summed E-state index contributed by atoms with van der Waals surface area (Å²) in [5.74, 6) is -1.14. The second-order valence-corrected chi connectivity index (χ2v) is 21.5. The van der Waals surface area contributed by atoms with Crippen LogP contribution in [0.5, 0.6) is 0 Å². The number of ether oxygens (including phenoxy) is 2. The van der Waals surface area contributed by atoms with Crippen molar-refractivity contribution in [3.63, 3.8) is 0 Å². The third kappa shape index (κ3) is 38.3. The first kappa shape index (κ1) is 67.1. The molecule has 0 aromatic heterocycles. The topological polar surface area (TPSA) is 210 Å². The molecule has 0 aliphatic heterocycles. The first-order valence-electron chi connectivity index (χ1n) is 28.8. The summed E-state index contributed by atoms with van der Waals surface area (Å²) in [6.07, 6.45) is 43.5. The van der Waals surface area contributed by atoms with E-state index in [1.165, 1.54) is 167 Å². The van der Waals surface area contributed by atoms with Crippen molar-refractivity contribution >= 4 is 19.8 Å². The molecule has 0 heterocycles. The molecule has 1 aliphatic rings. The molecule has 0 saturated heterocycles. The van der Waals surface area contributed by atoms with E-state index in [0.717, 1.165) is 44.9 Å². The van der Waals surface area contributed by atoms with Gasteiger partial charge >= 0.3 is 19.8 Å². The number of unbranched alkanes of at least 4 members (excludes halogenated alkanes) is 31. The quantitative estimate of drug-likeness (QED) is 0.0145.